The van der Waals surface area contributed by atoms with Crippen molar-refractivity contribution in [3.8, 4) is 0 Å². The molecule has 4 nitrogen and oxygen atoms in total. The van der Waals surface area contributed by atoms with E-state index in [1.807, 2.05) is 13.0 Å². The first-order chi connectivity index (χ1) is 8.91. The summed E-state index contributed by atoms with van der Waals surface area (Å²) in [5, 5.41) is 7.28. The van der Waals surface area contributed by atoms with Crippen molar-refractivity contribution in [2.45, 2.75) is 16.7 Å². The van der Waals surface area contributed by atoms with Crippen molar-refractivity contribution in [2.24, 2.45) is 5.73 Å². The van der Waals surface area contributed by atoms with Crippen LogP contribution in [-0.2, 0) is 9.84 Å². The Labute approximate surface area is 112 Å². The topological polar surface area (TPSA) is 84.0 Å². The number of hydrogen-bond donors (Lipinski definition) is 2. The highest BCUT2D eigenvalue weighted by Gasteiger charge is 2.17. The first-order valence-electron chi connectivity index (χ1n) is 5.67. The molecule has 0 fully saturated rings. The maximum Gasteiger partial charge on any atom is 0.206 e. The van der Waals surface area contributed by atoms with Gasteiger partial charge in [0.25, 0.3) is 0 Å². The van der Waals surface area contributed by atoms with Crippen molar-refractivity contribution in [2.75, 3.05) is 0 Å². The third-order valence-electron chi connectivity index (χ3n) is 2.78. The summed E-state index contributed by atoms with van der Waals surface area (Å²) in [6.45, 7) is 1.85. The van der Waals surface area contributed by atoms with Crippen molar-refractivity contribution >= 4 is 15.7 Å². The summed E-state index contributed by atoms with van der Waals surface area (Å²) in [5.41, 5.74) is 6.73. The van der Waals surface area contributed by atoms with E-state index in [1.165, 1.54) is 24.3 Å². The van der Waals surface area contributed by atoms with Gasteiger partial charge in [0.2, 0.25) is 9.84 Å². The Bertz CT molecular complexity index is 719. The van der Waals surface area contributed by atoms with Crippen molar-refractivity contribution in [1.29, 1.82) is 5.41 Å². The SMILES string of the molecule is Cc1cccc(S(=O)(=O)c2ccc(C(=N)N)cc2)c1. The van der Waals surface area contributed by atoms with Gasteiger partial charge < -0.3 is 5.73 Å². The number of hydrogen-bond acceptors (Lipinski definition) is 3. The Kier molecular flexibility index (Phi) is 3.40. The van der Waals surface area contributed by atoms with E-state index in [0.29, 0.717) is 5.56 Å². The molecule has 2 aromatic rings. The summed E-state index contributed by atoms with van der Waals surface area (Å²) in [6, 6.07) is 12.8. The fourth-order valence-electron chi connectivity index (χ4n) is 1.73. The number of nitrogens with two attached hydrogens (primary N) is 1. The lowest BCUT2D eigenvalue weighted by Crippen LogP contribution is -2.11. The highest BCUT2D eigenvalue weighted by Crippen LogP contribution is 2.21. The average Bonchev–Trinajstić information content (AvgIpc) is 2.39. The zero-order chi connectivity index (χ0) is 14.0. The molecule has 2 rings (SSSR count). The first-order valence-corrected chi connectivity index (χ1v) is 7.16. The second-order valence-corrected chi connectivity index (χ2v) is 6.21. The molecular formula is C14H14N2O2S. The minimum atomic E-state index is -3.52. The summed E-state index contributed by atoms with van der Waals surface area (Å²) in [4.78, 5) is 0.464. The number of nitrogen functional groups attached to an aromatic ring is 1. The van der Waals surface area contributed by atoms with E-state index in [9.17, 15) is 8.42 Å². The second kappa shape index (κ2) is 4.85. The van der Waals surface area contributed by atoms with Crippen LogP contribution in [0.3, 0.4) is 0 Å². The van der Waals surface area contributed by atoms with Crippen LogP contribution in [0.1, 0.15) is 11.1 Å². The van der Waals surface area contributed by atoms with Crippen LogP contribution in [0.15, 0.2) is 58.3 Å². The molecule has 0 aromatic heterocycles. The molecule has 0 aliphatic rings. The molecule has 0 aliphatic carbocycles. The van der Waals surface area contributed by atoms with Crippen LogP contribution in [-0.4, -0.2) is 14.3 Å². The zero-order valence-corrected chi connectivity index (χ0v) is 11.2. The molecule has 0 aliphatic heterocycles. The fourth-order valence-corrected chi connectivity index (χ4v) is 3.10. The quantitative estimate of drug-likeness (QED) is 0.664. The van der Waals surface area contributed by atoms with Gasteiger partial charge in [0, 0.05) is 5.56 Å². The molecule has 0 atom stereocenters. The third kappa shape index (κ3) is 2.66. The maximum atomic E-state index is 12.4. The average molecular weight is 274 g/mol. The Morgan fingerprint density at radius 3 is 2.21 bits per heavy atom. The van der Waals surface area contributed by atoms with Gasteiger partial charge in [0.05, 0.1) is 9.79 Å². The standard InChI is InChI=1S/C14H14N2O2S/c1-10-3-2-4-13(9-10)19(17,18)12-7-5-11(6-8-12)14(15)16/h2-9H,1H3,(H3,15,16). The minimum absolute atomic E-state index is 0.0838. The highest BCUT2D eigenvalue weighted by atomic mass is 32.2. The van der Waals surface area contributed by atoms with Gasteiger partial charge >= 0.3 is 0 Å². The lowest BCUT2D eigenvalue weighted by atomic mass is 10.2. The molecule has 0 amide bonds. The van der Waals surface area contributed by atoms with Crippen LogP contribution in [0.4, 0.5) is 0 Å². The molecule has 0 unspecified atom stereocenters. The van der Waals surface area contributed by atoms with Crippen LogP contribution < -0.4 is 5.73 Å². The van der Waals surface area contributed by atoms with Gasteiger partial charge in [-0.05, 0) is 48.9 Å². The monoisotopic (exact) mass is 274 g/mol. The van der Waals surface area contributed by atoms with Gasteiger partial charge in [-0.2, -0.15) is 0 Å². The molecule has 0 spiro atoms. The van der Waals surface area contributed by atoms with Crippen molar-refractivity contribution in [3.05, 3.63) is 59.7 Å². The lowest BCUT2D eigenvalue weighted by Gasteiger charge is -2.06. The van der Waals surface area contributed by atoms with Crippen molar-refractivity contribution in [3.63, 3.8) is 0 Å². The molecule has 0 saturated carbocycles. The Morgan fingerprint density at radius 1 is 1.05 bits per heavy atom. The summed E-state index contributed by atoms with van der Waals surface area (Å²) in [7, 11) is -3.52. The van der Waals surface area contributed by atoms with Gasteiger partial charge in [0.15, 0.2) is 0 Å². The van der Waals surface area contributed by atoms with Crippen molar-refractivity contribution in [1.82, 2.24) is 0 Å². The van der Waals surface area contributed by atoms with E-state index in [4.69, 9.17) is 11.1 Å². The van der Waals surface area contributed by atoms with E-state index >= 15 is 0 Å². The normalized spacial score (nSPS) is 11.2. The molecular weight excluding hydrogens is 260 g/mol. The predicted octanol–water partition coefficient (Wildman–Crippen LogP) is 2.11. The number of aryl methyl sites for hydroxylation is 1. The Morgan fingerprint density at radius 2 is 1.68 bits per heavy atom. The summed E-state index contributed by atoms with van der Waals surface area (Å²) in [5.74, 6) is -0.0838. The van der Waals surface area contributed by atoms with Gasteiger partial charge in [0.1, 0.15) is 5.84 Å². The first kappa shape index (κ1) is 13.3. The summed E-state index contributed by atoms with van der Waals surface area (Å²) < 4.78 is 24.8. The molecule has 0 saturated heterocycles. The van der Waals surface area contributed by atoms with E-state index in [0.717, 1.165) is 5.56 Å². The third-order valence-corrected chi connectivity index (χ3v) is 4.54. The van der Waals surface area contributed by atoms with Crippen molar-refractivity contribution < 1.29 is 8.42 Å². The van der Waals surface area contributed by atoms with Crippen LogP contribution in [0.2, 0.25) is 0 Å². The smallest absolute Gasteiger partial charge is 0.206 e. The van der Waals surface area contributed by atoms with Gasteiger partial charge in [-0.1, -0.05) is 12.1 Å². The van der Waals surface area contributed by atoms with Crippen LogP contribution in [0.5, 0.6) is 0 Å². The molecule has 3 N–H and O–H groups in total. The van der Waals surface area contributed by atoms with Gasteiger partial charge in [-0.3, -0.25) is 5.41 Å². The largest absolute Gasteiger partial charge is 0.384 e. The Balaban J connectivity index is 2.48. The molecule has 0 radical (unpaired) electrons. The van der Waals surface area contributed by atoms with Gasteiger partial charge in [-0.25, -0.2) is 8.42 Å². The maximum absolute atomic E-state index is 12.4. The molecule has 2 aromatic carbocycles. The number of benzene rings is 2. The lowest BCUT2D eigenvalue weighted by molar-refractivity contribution is 0.596. The number of rotatable bonds is 3. The number of sulfone groups is 1. The molecule has 0 heterocycles. The zero-order valence-electron chi connectivity index (χ0n) is 10.4. The Hall–Kier alpha value is -2.14. The van der Waals surface area contributed by atoms with E-state index < -0.39 is 9.84 Å². The van der Waals surface area contributed by atoms with Gasteiger partial charge in [-0.15, -0.1) is 0 Å². The second-order valence-electron chi connectivity index (χ2n) is 4.26. The number of amidine groups is 1. The highest BCUT2D eigenvalue weighted by molar-refractivity contribution is 7.91. The summed E-state index contributed by atoms with van der Waals surface area (Å²) >= 11 is 0. The van der Waals surface area contributed by atoms with E-state index in [1.54, 1.807) is 18.2 Å². The molecule has 19 heavy (non-hydrogen) atoms. The predicted molar refractivity (Wildman–Crippen MR) is 74.1 cm³/mol. The molecule has 0 bridgehead atoms. The van der Waals surface area contributed by atoms with Crippen LogP contribution >= 0.6 is 0 Å². The molecule has 98 valence electrons. The minimum Gasteiger partial charge on any atom is -0.384 e. The van der Waals surface area contributed by atoms with E-state index in [-0.39, 0.29) is 15.6 Å². The van der Waals surface area contributed by atoms with E-state index in [2.05, 4.69) is 0 Å². The summed E-state index contributed by atoms with van der Waals surface area (Å²) in [6.07, 6.45) is 0. The number of nitrogens with one attached hydrogen (secondary N) is 1. The fraction of sp³-hybridized carbons (Fsp3) is 0.0714. The molecule has 5 heteroatoms. The van der Waals surface area contributed by atoms with Crippen LogP contribution in [0, 0.1) is 12.3 Å². The van der Waals surface area contributed by atoms with Crippen LogP contribution in [0.25, 0.3) is 0 Å².